The first kappa shape index (κ1) is 18.7. The van der Waals surface area contributed by atoms with Crippen molar-refractivity contribution in [2.75, 3.05) is 12.4 Å². The van der Waals surface area contributed by atoms with E-state index in [1.165, 1.54) is 17.7 Å². The van der Waals surface area contributed by atoms with Crippen molar-refractivity contribution in [3.63, 3.8) is 0 Å². The van der Waals surface area contributed by atoms with Crippen LogP contribution in [0.3, 0.4) is 0 Å². The van der Waals surface area contributed by atoms with Gasteiger partial charge in [-0.3, -0.25) is 14.2 Å². The van der Waals surface area contributed by atoms with Crippen LogP contribution in [0.5, 0.6) is 0 Å². The van der Waals surface area contributed by atoms with Gasteiger partial charge in [0, 0.05) is 25.7 Å². The zero-order valence-electron chi connectivity index (χ0n) is 14.6. The topological polar surface area (TPSA) is 93.3 Å². The summed E-state index contributed by atoms with van der Waals surface area (Å²) in [6.45, 7) is 0.368. The van der Waals surface area contributed by atoms with Gasteiger partial charge >= 0.3 is 5.76 Å². The largest absolute Gasteiger partial charge is 0.419 e. The van der Waals surface area contributed by atoms with E-state index in [-0.39, 0.29) is 23.8 Å². The number of benzene rings is 2. The average molecular weight is 388 g/mol. The van der Waals surface area contributed by atoms with Crippen LogP contribution in [-0.4, -0.2) is 23.4 Å². The summed E-state index contributed by atoms with van der Waals surface area (Å²) < 4.78 is 6.67. The third-order valence-corrected chi connectivity index (χ3v) is 4.41. The van der Waals surface area contributed by atoms with E-state index >= 15 is 0 Å². The first-order chi connectivity index (χ1) is 13.0. The second-order valence-corrected chi connectivity index (χ2v) is 6.32. The van der Waals surface area contributed by atoms with Gasteiger partial charge < -0.3 is 15.1 Å². The lowest BCUT2D eigenvalue weighted by Gasteiger charge is -2.09. The molecule has 27 heavy (non-hydrogen) atoms. The van der Waals surface area contributed by atoms with Gasteiger partial charge in [-0.05, 0) is 36.8 Å². The number of hydrogen-bond acceptors (Lipinski definition) is 4. The number of amides is 2. The fraction of sp³-hybridized carbons (Fsp3) is 0.211. The second-order valence-electron chi connectivity index (χ2n) is 5.91. The number of oxazole rings is 1. The summed E-state index contributed by atoms with van der Waals surface area (Å²) in [6, 6.07) is 11.8. The first-order valence-corrected chi connectivity index (χ1v) is 8.77. The maximum Gasteiger partial charge on any atom is 0.419 e. The highest BCUT2D eigenvalue weighted by molar-refractivity contribution is 6.34. The summed E-state index contributed by atoms with van der Waals surface area (Å²) in [5, 5.41) is 5.53. The summed E-state index contributed by atoms with van der Waals surface area (Å²) in [5.41, 5.74) is 1.99. The monoisotopic (exact) mass is 387 g/mol. The third kappa shape index (κ3) is 4.20. The zero-order chi connectivity index (χ0) is 19.4. The van der Waals surface area contributed by atoms with Crippen molar-refractivity contribution >= 4 is 40.2 Å². The van der Waals surface area contributed by atoms with E-state index in [1.54, 1.807) is 30.3 Å². The van der Waals surface area contributed by atoms with E-state index in [0.29, 0.717) is 34.8 Å². The molecule has 3 rings (SSSR count). The number of nitrogens with zero attached hydrogens (tertiary/aromatic N) is 1. The molecule has 0 aliphatic carbocycles. The van der Waals surface area contributed by atoms with E-state index in [2.05, 4.69) is 10.6 Å². The van der Waals surface area contributed by atoms with Crippen molar-refractivity contribution in [2.45, 2.75) is 19.4 Å². The molecule has 2 N–H and O–H groups in total. The molecule has 0 aliphatic heterocycles. The van der Waals surface area contributed by atoms with Gasteiger partial charge in [0.25, 0.3) is 5.91 Å². The van der Waals surface area contributed by atoms with Crippen molar-refractivity contribution in [1.29, 1.82) is 0 Å². The van der Waals surface area contributed by atoms with Gasteiger partial charge in [-0.2, -0.15) is 0 Å². The summed E-state index contributed by atoms with van der Waals surface area (Å²) in [6.07, 6.45) is 0.676. The Labute approximate surface area is 159 Å². The number of rotatable bonds is 6. The standard InChI is InChI=1S/C19H18ClN3O4/c1-21-18(25)13-11-12(8-9-14(13)20)22-17(24)7-4-10-23-15-5-2-3-6-16(15)27-19(23)26/h2-3,5-6,8-9,11H,4,7,10H2,1H3,(H,21,25)(H,22,24). The summed E-state index contributed by atoms with van der Waals surface area (Å²) in [5.74, 6) is -0.993. The van der Waals surface area contributed by atoms with E-state index in [1.807, 2.05) is 6.07 Å². The SMILES string of the molecule is CNC(=O)c1cc(NC(=O)CCCn2c(=O)oc3ccccc32)ccc1Cl. The molecule has 1 heterocycles. The quantitative estimate of drug-likeness (QED) is 0.679. The molecule has 0 saturated heterocycles. The Kier molecular flexibility index (Phi) is 5.61. The molecule has 3 aromatic rings. The van der Waals surface area contributed by atoms with Crippen LogP contribution in [0.25, 0.3) is 11.1 Å². The lowest BCUT2D eigenvalue weighted by atomic mass is 10.1. The number of aryl methyl sites for hydroxylation is 1. The third-order valence-electron chi connectivity index (χ3n) is 4.08. The molecule has 2 aromatic carbocycles. The molecule has 0 saturated carbocycles. The normalized spacial score (nSPS) is 10.7. The fourth-order valence-electron chi connectivity index (χ4n) is 2.76. The number of aromatic nitrogens is 1. The molecule has 2 amide bonds. The molecule has 140 valence electrons. The Balaban J connectivity index is 1.61. The van der Waals surface area contributed by atoms with Crippen molar-refractivity contribution in [1.82, 2.24) is 9.88 Å². The molecule has 7 nitrogen and oxygen atoms in total. The number of hydrogen-bond donors (Lipinski definition) is 2. The highest BCUT2D eigenvalue weighted by Gasteiger charge is 2.12. The van der Waals surface area contributed by atoms with Crippen molar-refractivity contribution in [3.05, 3.63) is 63.6 Å². The van der Waals surface area contributed by atoms with E-state index in [0.717, 1.165) is 0 Å². The molecule has 0 spiro atoms. The molecule has 0 aliphatic rings. The zero-order valence-corrected chi connectivity index (χ0v) is 15.4. The summed E-state index contributed by atoms with van der Waals surface area (Å²) in [4.78, 5) is 35.8. The predicted octanol–water partition coefficient (Wildman–Crippen LogP) is 3.03. The lowest BCUT2D eigenvalue weighted by Crippen LogP contribution is -2.19. The van der Waals surface area contributed by atoms with Crippen LogP contribution in [0.4, 0.5) is 5.69 Å². The van der Waals surface area contributed by atoms with E-state index < -0.39 is 5.76 Å². The van der Waals surface area contributed by atoms with E-state index in [4.69, 9.17) is 16.0 Å². The van der Waals surface area contributed by atoms with Crippen LogP contribution in [0.1, 0.15) is 23.2 Å². The minimum absolute atomic E-state index is 0.212. The Morgan fingerprint density at radius 1 is 1.19 bits per heavy atom. The molecule has 0 radical (unpaired) electrons. The molecular formula is C19H18ClN3O4. The second kappa shape index (κ2) is 8.09. The van der Waals surface area contributed by atoms with Crippen molar-refractivity contribution in [3.8, 4) is 0 Å². The molecule has 0 atom stereocenters. The van der Waals surface area contributed by atoms with Crippen LogP contribution in [0.15, 0.2) is 51.7 Å². The summed E-state index contributed by atoms with van der Waals surface area (Å²) in [7, 11) is 1.51. The van der Waals surface area contributed by atoms with Crippen LogP contribution >= 0.6 is 11.6 Å². The lowest BCUT2D eigenvalue weighted by molar-refractivity contribution is -0.116. The molecule has 0 unspecified atom stereocenters. The average Bonchev–Trinajstić information content (AvgIpc) is 2.98. The highest BCUT2D eigenvalue weighted by atomic mass is 35.5. The molecule has 8 heteroatoms. The van der Waals surface area contributed by atoms with Crippen molar-refractivity contribution < 1.29 is 14.0 Å². The number of nitrogens with one attached hydrogen (secondary N) is 2. The molecular weight excluding hydrogens is 370 g/mol. The van der Waals surface area contributed by atoms with Gasteiger partial charge in [-0.1, -0.05) is 23.7 Å². The number of halogens is 1. The number of para-hydroxylation sites is 2. The number of fused-ring (bicyclic) bond motifs is 1. The Hall–Kier alpha value is -3.06. The Bertz CT molecular complexity index is 1050. The minimum atomic E-state index is -0.440. The Morgan fingerprint density at radius 2 is 1.96 bits per heavy atom. The van der Waals surface area contributed by atoms with Gasteiger partial charge in [-0.15, -0.1) is 0 Å². The maximum absolute atomic E-state index is 12.2. The molecule has 0 fully saturated rings. The minimum Gasteiger partial charge on any atom is -0.408 e. The highest BCUT2D eigenvalue weighted by Crippen LogP contribution is 2.21. The first-order valence-electron chi connectivity index (χ1n) is 8.39. The van der Waals surface area contributed by atoms with Crippen LogP contribution in [0.2, 0.25) is 5.02 Å². The van der Waals surface area contributed by atoms with Gasteiger partial charge in [0.05, 0.1) is 16.1 Å². The van der Waals surface area contributed by atoms with Gasteiger partial charge in [-0.25, -0.2) is 4.79 Å². The van der Waals surface area contributed by atoms with Crippen LogP contribution in [-0.2, 0) is 11.3 Å². The van der Waals surface area contributed by atoms with Gasteiger partial charge in [0.1, 0.15) is 0 Å². The number of anilines is 1. The predicted molar refractivity (Wildman–Crippen MR) is 103 cm³/mol. The van der Waals surface area contributed by atoms with Gasteiger partial charge in [0.15, 0.2) is 5.58 Å². The fourth-order valence-corrected chi connectivity index (χ4v) is 2.96. The smallest absolute Gasteiger partial charge is 0.408 e. The van der Waals surface area contributed by atoms with Gasteiger partial charge in [0.2, 0.25) is 5.91 Å². The Morgan fingerprint density at radius 3 is 2.74 bits per heavy atom. The van der Waals surface area contributed by atoms with Crippen LogP contribution in [0, 0.1) is 0 Å². The van der Waals surface area contributed by atoms with E-state index in [9.17, 15) is 14.4 Å². The maximum atomic E-state index is 12.2. The van der Waals surface area contributed by atoms with Crippen molar-refractivity contribution in [2.24, 2.45) is 0 Å². The molecule has 0 bridgehead atoms. The summed E-state index contributed by atoms with van der Waals surface area (Å²) >= 11 is 5.99. The molecule has 1 aromatic heterocycles. The number of carbonyl (C=O) groups is 2. The number of carbonyl (C=O) groups excluding carboxylic acids is 2. The van der Waals surface area contributed by atoms with Crippen LogP contribution < -0.4 is 16.4 Å².